The molecule has 0 spiro atoms. The molecule has 0 aliphatic carbocycles. The molecule has 54 heavy (non-hydrogen) atoms. The number of halogens is 10. The lowest BCUT2D eigenvalue weighted by Gasteiger charge is -2.26. The van der Waals surface area contributed by atoms with Gasteiger partial charge in [0, 0.05) is 0 Å². The number of carbonyl (C=O) groups excluding carboxylic acids is 4. The van der Waals surface area contributed by atoms with E-state index in [1.165, 1.54) is 13.8 Å². The molecule has 0 aliphatic heterocycles. The first-order valence-corrected chi connectivity index (χ1v) is 17.1. The van der Waals surface area contributed by atoms with Gasteiger partial charge in [-0.1, -0.05) is 13.8 Å². The first kappa shape index (κ1) is 45.6. The van der Waals surface area contributed by atoms with Crippen molar-refractivity contribution in [2.45, 2.75) is 61.8 Å². The topological polar surface area (TPSA) is 214 Å². The number of esters is 4. The van der Waals surface area contributed by atoms with Crippen LogP contribution in [0.25, 0.3) is 0 Å². The quantitative estimate of drug-likeness (QED) is 0.0997. The van der Waals surface area contributed by atoms with Gasteiger partial charge >= 0.3 is 67.0 Å². The van der Waals surface area contributed by atoms with Gasteiger partial charge in [-0.2, -0.15) is 60.7 Å². The van der Waals surface area contributed by atoms with Gasteiger partial charge in [0.1, 0.15) is 11.5 Å². The molecule has 2 aromatic rings. The zero-order chi connectivity index (χ0) is 41.8. The van der Waals surface area contributed by atoms with Crippen LogP contribution in [-0.4, -0.2) is 84.9 Å². The number of carbonyl (C=O) groups is 4. The van der Waals surface area contributed by atoms with Gasteiger partial charge in [0.25, 0.3) is 12.2 Å². The van der Waals surface area contributed by atoms with Crippen LogP contribution in [0, 0.1) is 11.8 Å². The van der Waals surface area contributed by atoms with E-state index in [0.29, 0.717) is 24.3 Å². The molecule has 0 heterocycles. The minimum atomic E-state index is -6.69. The third-order valence-electron chi connectivity index (χ3n) is 6.83. The highest BCUT2D eigenvalue weighted by molar-refractivity contribution is 7.87. The second-order valence-electron chi connectivity index (χ2n) is 10.9. The van der Waals surface area contributed by atoms with E-state index in [0.717, 1.165) is 24.3 Å². The van der Waals surface area contributed by atoms with Gasteiger partial charge in [-0.25, -0.2) is 9.59 Å². The van der Waals surface area contributed by atoms with Crippen LogP contribution in [0.5, 0.6) is 11.5 Å². The van der Waals surface area contributed by atoms with E-state index in [-0.39, 0.29) is 24.3 Å². The van der Waals surface area contributed by atoms with E-state index >= 15 is 0 Å². The van der Waals surface area contributed by atoms with Crippen molar-refractivity contribution in [1.82, 2.24) is 0 Å². The van der Waals surface area contributed by atoms with E-state index in [4.69, 9.17) is 18.6 Å². The van der Waals surface area contributed by atoms with Crippen LogP contribution in [0.15, 0.2) is 48.5 Å². The van der Waals surface area contributed by atoms with Crippen molar-refractivity contribution >= 4 is 44.1 Å². The molecule has 0 saturated carbocycles. The summed E-state index contributed by atoms with van der Waals surface area (Å²) in [5, 5.41) is -12.0. The van der Waals surface area contributed by atoms with Crippen molar-refractivity contribution in [3.05, 3.63) is 59.7 Å². The van der Waals surface area contributed by atoms with Crippen molar-refractivity contribution in [3.8, 4) is 11.5 Å². The summed E-state index contributed by atoms with van der Waals surface area (Å²) in [6.07, 6.45) is -21.8. The maximum Gasteiger partial charge on any atom is 0.432 e. The van der Waals surface area contributed by atoms with E-state index in [9.17, 15) is 79.9 Å². The second-order valence-corrected chi connectivity index (χ2v) is 13.8. The predicted molar refractivity (Wildman–Crippen MR) is 155 cm³/mol. The first-order valence-electron chi connectivity index (χ1n) is 14.2. The Bertz CT molecular complexity index is 1910. The van der Waals surface area contributed by atoms with Crippen LogP contribution in [0.4, 0.5) is 43.9 Å². The van der Waals surface area contributed by atoms with E-state index in [1.54, 1.807) is 0 Å². The van der Waals surface area contributed by atoms with Gasteiger partial charge < -0.3 is 18.9 Å². The van der Waals surface area contributed by atoms with Crippen molar-refractivity contribution < 1.29 is 108 Å². The summed E-state index contributed by atoms with van der Waals surface area (Å²) in [4.78, 5) is 49.5. The smallest absolute Gasteiger partial charge is 0.432 e. The minimum Gasteiger partial charge on any atom is -0.441 e. The summed E-state index contributed by atoms with van der Waals surface area (Å²) in [5.41, 5.74) is -1.71. The molecule has 14 nitrogen and oxygen atoms in total. The summed E-state index contributed by atoms with van der Waals surface area (Å²) >= 11 is 0. The molecular formula is C28H24F10O14S2. The number of hydrogen-bond donors (Lipinski definition) is 2. The zero-order valence-corrected chi connectivity index (χ0v) is 28.4. The predicted octanol–water partition coefficient (Wildman–Crippen LogP) is 5.39. The van der Waals surface area contributed by atoms with Crippen LogP contribution in [0.3, 0.4) is 0 Å². The first-order chi connectivity index (χ1) is 24.3. The van der Waals surface area contributed by atoms with Gasteiger partial charge in [-0.05, 0) is 61.4 Å². The second kappa shape index (κ2) is 16.4. The average molecular weight is 839 g/mol. The molecule has 0 bridgehead atoms. The van der Waals surface area contributed by atoms with Crippen molar-refractivity contribution in [1.29, 1.82) is 0 Å². The van der Waals surface area contributed by atoms with E-state index < -0.39 is 102 Å². The number of rotatable bonds is 15. The lowest BCUT2D eigenvalue weighted by atomic mass is 9.94. The van der Waals surface area contributed by atoms with Crippen LogP contribution in [0.1, 0.15) is 47.4 Å². The van der Waals surface area contributed by atoms with Gasteiger partial charge in [0.15, 0.2) is 0 Å². The Morgan fingerprint density at radius 2 is 0.926 bits per heavy atom. The van der Waals surface area contributed by atoms with E-state index in [1.807, 2.05) is 0 Å². The molecule has 0 aliphatic rings. The summed E-state index contributed by atoms with van der Waals surface area (Å²) in [7, 11) is -13.4. The van der Waals surface area contributed by atoms with Gasteiger partial charge in [-0.15, -0.1) is 0 Å². The van der Waals surface area contributed by atoms with Crippen LogP contribution in [-0.2, 0) is 39.3 Å². The third-order valence-corrected chi connectivity index (χ3v) is 8.63. The van der Waals surface area contributed by atoms with Crippen LogP contribution >= 0.6 is 0 Å². The fourth-order valence-corrected chi connectivity index (χ4v) is 4.86. The molecule has 4 unspecified atom stereocenters. The standard InChI is InChI=1S/C28H24F10O14S2/c1-3-14(20(40)50-18-10-6-16(7-11-18)22(42)52-24(26(32,33)34)28(37,38)54(46,47)48)12-13(2)19(39)49-17-8-4-15(5-9-17)21(41)51-23(25(29,30)31)27(35,36)53(43,44)45/h4-11,13-14,23-24H,3,12H2,1-2H3,(H,43,44,45)(H,46,47,48). The van der Waals surface area contributed by atoms with Crippen molar-refractivity contribution in [2.75, 3.05) is 0 Å². The third kappa shape index (κ3) is 11.2. The Kier molecular flexibility index (Phi) is 13.9. The highest BCUT2D eigenvalue weighted by atomic mass is 32.2. The maximum absolute atomic E-state index is 13.7. The normalized spacial score (nSPS) is 15.3. The molecule has 2 rings (SSSR count). The fraction of sp³-hybridized carbons (Fsp3) is 0.429. The van der Waals surface area contributed by atoms with Crippen LogP contribution in [0.2, 0.25) is 0 Å². The number of alkyl halides is 10. The summed E-state index contributed by atoms with van der Waals surface area (Å²) in [5.74, 6) is -9.14. The van der Waals surface area contributed by atoms with E-state index in [2.05, 4.69) is 9.47 Å². The monoisotopic (exact) mass is 838 g/mol. The molecule has 2 aromatic carbocycles. The summed E-state index contributed by atoms with van der Waals surface area (Å²) < 4.78 is 210. The maximum atomic E-state index is 13.7. The molecule has 302 valence electrons. The molecule has 0 saturated heterocycles. The number of ether oxygens (including phenoxy) is 4. The Hall–Kier alpha value is -4.56. The van der Waals surface area contributed by atoms with Crippen molar-refractivity contribution in [2.24, 2.45) is 11.8 Å². The lowest BCUT2D eigenvalue weighted by Crippen LogP contribution is -2.52. The fourth-order valence-electron chi connectivity index (χ4n) is 3.96. The molecular weight excluding hydrogens is 814 g/mol. The summed E-state index contributed by atoms with van der Waals surface area (Å²) in [6, 6.07) is 5.83. The zero-order valence-electron chi connectivity index (χ0n) is 26.7. The van der Waals surface area contributed by atoms with Gasteiger partial charge in [0.2, 0.25) is 0 Å². The Labute approximate surface area is 296 Å². The Morgan fingerprint density at radius 1 is 0.611 bits per heavy atom. The van der Waals surface area contributed by atoms with Crippen LogP contribution < -0.4 is 9.47 Å². The molecule has 0 fully saturated rings. The molecule has 0 aromatic heterocycles. The highest BCUT2D eigenvalue weighted by Gasteiger charge is 2.67. The molecule has 4 atom stereocenters. The molecule has 0 radical (unpaired) electrons. The number of hydrogen-bond acceptors (Lipinski definition) is 12. The minimum absolute atomic E-state index is 0.0219. The molecule has 0 amide bonds. The Morgan fingerprint density at radius 3 is 1.20 bits per heavy atom. The lowest BCUT2D eigenvalue weighted by molar-refractivity contribution is -0.248. The van der Waals surface area contributed by atoms with Gasteiger partial charge in [-0.3, -0.25) is 18.7 Å². The Balaban J connectivity index is 2.06. The molecule has 2 N–H and O–H groups in total. The number of benzene rings is 2. The highest BCUT2D eigenvalue weighted by Crippen LogP contribution is 2.40. The average Bonchev–Trinajstić information content (AvgIpc) is 3.02. The van der Waals surface area contributed by atoms with Crippen molar-refractivity contribution in [3.63, 3.8) is 0 Å². The largest absolute Gasteiger partial charge is 0.441 e. The van der Waals surface area contributed by atoms with Gasteiger partial charge in [0.05, 0.1) is 23.0 Å². The summed E-state index contributed by atoms with van der Waals surface area (Å²) in [6.45, 7) is 2.76. The SMILES string of the molecule is CCC(CC(C)C(=O)Oc1ccc(C(=O)OC(C(F)(F)F)C(F)(F)S(=O)(=O)O)cc1)C(=O)Oc1ccc(C(=O)OC(C(F)(F)F)C(F)(F)S(=O)(=O)O)cc1. The molecule has 26 heteroatoms.